The summed E-state index contributed by atoms with van der Waals surface area (Å²) in [4.78, 5) is 22.3. The van der Waals surface area contributed by atoms with Crippen LogP contribution in [0.3, 0.4) is 0 Å². The summed E-state index contributed by atoms with van der Waals surface area (Å²) in [5.41, 5.74) is 6.92. The van der Waals surface area contributed by atoms with Gasteiger partial charge in [0.25, 0.3) is 0 Å². The Balaban J connectivity index is 1.41. The van der Waals surface area contributed by atoms with Crippen LogP contribution >= 0.6 is 7.82 Å². The Labute approximate surface area is 160 Å². The molecule has 28 heavy (non-hydrogen) atoms. The van der Waals surface area contributed by atoms with Crippen LogP contribution in [0.15, 0.2) is 43.0 Å². The summed E-state index contributed by atoms with van der Waals surface area (Å²) >= 11 is 0. The van der Waals surface area contributed by atoms with E-state index >= 15 is 0 Å². The van der Waals surface area contributed by atoms with E-state index in [9.17, 15) is 14.6 Å². The molecule has 1 aliphatic rings. The minimum absolute atomic E-state index is 0.00785. The smallest absolute Gasteiger partial charge is 0.404 e. The fraction of sp³-hybridized carbons (Fsp3) is 0.353. The highest BCUT2D eigenvalue weighted by atomic mass is 31.2. The van der Waals surface area contributed by atoms with Gasteiger partial charge in [-0.2, -0.15) is 0 Å². The van der Waals surface area contributed by atoms with E-state index in [1.807, 2.05) is 4.57 Å². The van der Waals surface area contributed by atoms with Gasteiger partial charge in [0, 0.05) is 18.6 Å². The monoisotopic (exact) mass is 405 g/mol. The number of aliphatic hydroxyl groups is 1. The Bertz CT molecular complexity index is 1010. The number of hydrogen-bond donors (Lipinski definition) is 3. The normalized spacial score (nSPS) is 23.9. The van der Waals surface area contributed by atoms with Crippen molar-refractivity contribution >= 4 is 24.8 Å². The molecule has 0 amide bonds. The van der Waals surface area contributed by atoms with E-state index in [4.69, 9.17) is 14.8 Å². The lowest BCUT2D eigenvalue weighted by Crippen LogP contribution is -2.42. The van der Waals surface area contributed by atoms with Crippen LogP contribution in [0.4, 0.5) is 5.82 Å². The molecular formula is C17H20N5O5P. The number of phosphoric acid groups is 1. The largest absolute Gasteiger partial charge is 0.527 e. The summed E-state index contributed by atoms with van der Waals surface area (Å²) in [6.45, 7) is -0.111. The van der Waals surface area contributed by atoms with Gasteiger partial charge in [0.05, 0.1) is 12.9 Å². The summed E-state index contributed by atoms with van der Waals surface area (Å²) in [7, 11) is -4.25. The minimum atomic E-state index is -4.25. The molecule has 148 valence electrons. The molecule has 0 spiro atoms. The van der Waals surface area contributed by atoms with E-state index in [1.165, 1.54) is 6.33 Å². The molecule has 0 bridgehead atoms. The van der Waals surface area contributed by atoms with E-state index < -0.39 is 7.82 Å². The van der Waals surface area contributed by atoms with E-state index in [0.717, 1.165) is 0 Å². The molecule has 1 saturated carbocycles. The molecule has 2 heterocycles. The number of hydrogen-bond acceptors (Lipinski definition) is 8. The molecule has 1 fully saturated rings. The number of nitrogen functional groups attached to an aromatic ring is 1. The third-order valence-electron chi connectivity index (χ3n) is 5.01. The SMILES string of the molecule is Nc1ncnc2c1ncn2[C@@H]1C[C@H](COP(=O)(O)Oc2ccccc2)[C@@H]1CO. The second-order valence-electron chi connectivity index (χ2n) is 6.66. The molecule has 1 aliphatic carbocycles. The molecule has 4 atom stereocenters. The fourth-order valence-corrected chi connectivity index (χ4v) is 4.32. The van der Waals surface area contributed by atoms with Crippen molar-refractivity contribution in [1.29, 1.82) is 0 Å². The number of fused-ring (bicyclic) bond motifs is 1. The second-order valence-corrected chi connectivity index (χ2v) is 8.04. The lowest BCUT2D eigenvalue weighted by atomic mass is 9.70. The number of phosphoric ester groups is 1. The van der Waals surface area contributed by atoms with Crippen LogP contribution in [0.2, 0.25) is 0 Å². The average molecular weight is 405 g/mol. The van der Waals surface area contributed by atoms with Crippen LogP contribution in [0.5, 0.6) is 5.75 Å². The molecule has 0 saturated heterocycles. The van der Waals surface area contributed by atoms with Gasteiger partial charge in [-0.15, -0.1) is 0 Å². The Kier molecular flexibility index (Phi) is 5.03. The third kappa shape index (κ3) is 3.59. The molecule has 4 rings (SSSR count). The fourth-order valence-electron chi connectivity index (χ4n) is 3.50. The molecule has 1 aromatic carbocycles. The Morgan fingerprint density at radius 1 is 1.25 bits per heavy atom. The molecule has 4 N–H and O–H groups in total. The number of imidazole rings is 1. The highest BCUT2D eigenvalue weighted by Gasteiger charge is 2.43. The van der Waals surface area contributed by atoms with Crippen LogP contribution in [0, 0.1) is 11.8 Å². The summed E-state index contributed by atoms with van der Waals surface area (Å²) in [6.07, 6.45) is 3.62. The van der Waals surface area contributed by atoms with Crippen LogP contribution in [-0.2, 0) is 9.09 Å². The average Bonchev–Trinajstić information content (AvgIpc) is 3.07. The molecule has 11 heteroatoms. The zero-order valence-corrected chi connectivity index (χ0v) is 15.7. The first-order valence-electron chi connectivity index (χ1n) is 8.74. The number of nitrogens with two attached hydrogens (primary N) is 1. The first-order chi connectivity index (χ1) is 13.5. The van der Waals surface area contributed by atoms with Crippen molar-refractivity contribution in [3.05, 3.63) is 43.0 Å². The minimum Gasteiger partial charge on any atom is -0.404 e. The molecule has 1 unspecified atom stereocenters. The summed E-state index contributed by atoms with van der Waals surface area (Å²) in [6, 6.07) is 8.23. The topological polar surface area (TPSA) is 146 Å². The van der Waals surface area contributed by atoms with Crippen molar-refractivity contribution in [3.63, 3.8) is 0 Å². The quantitative estimate of drug-likeness (QED) is 0.501. The predicted octanol–water partition coefficient (Wildman–Crippen LogP) is 1.77. The summed E-state index contributed by atoms with van der Waals surface area (Å²) < 4.78 is 24.2. The van der Waals surface area contributed by atoms with Crippen molar-refractivity contribution in [3.8, 4) is 5.75 Å². The molecule has 2 aromatic heterocycles. The Hall–Kier alpha value is -2.52. The maximum Gasteiger partial charge on any atom is 0.527 e. The molecule has 10 nitrogen and oxygen atoms in total. The number of rotatable bonds is 7. The van der Waals surface area contributed by atoms with Gasteiger partial charge in [0.2, 0.25) is 0 Å². The van der Waals surface area contributed by atoms with E-state index in [-0.39, 0.29) is 36.8 Å². The van der Waals surface area contributed by atoms with Crippen LogP contribution in [0.25, 0.3) is 11.2 Å². The van der Waals surface area contributed by atoms with Gasteiger partial charge in [-0.3, -0.25) is 9.42 Å². The number of aliphatic hydroxyl groups excluding tert-OH is 1. The standard InChI is InChI=1S/C17H20N5O5P/c18-16-15-17(20-9-19-16)22(10-21-15)14-6-11(13(14)7-23)8-26-28(24,25)27-12-4-2-1-3-5-12/h1-5,9-11,13-14,23H,6-8H2,(H,24,25)(H2,18,19,20)/t11-,13+,14-/m1/s1. The molecule has 0 radical (unpaired) electrons. The Morgan fingerprint density at radius 3 is 2.79 bits per heavy atom. The highest BCUT2D eigenvalue weighted by Crippen LogP contribution is 2.49. The van der Waals surface area contributed by atoms with Gasteiger partial charge in [-0.1, -0.05) is 18.2 Å². The second kappa shape index (κ2) is 7.48. The van der Waals surface area contributed by atoms with E-state index in [1.54, 1.807) is 36.7 Å². The predicted molar refractivity (Wildman–Crippen MR) is 100 cm³/mol. The molecule has 3 aromatic rings. The van der Waals surface area contributed by atoms with Crippen LogP contribution < -0.4 is 10.3 Å². The number of anilines is 1. The van der Waals surface area contributed by atoms with Gasteiger partial charge in [0.1, 0.15) is 17.6 Å². The zero-order chi connectivity index (χ0) is 19.7. The van der Waals surface area contributed by atoms with Gasteiger partial charge >= 0.3 is 7.82 Å². The maximum absolute atomic E-state index is 12.1. The number of aromatic nitrogens is 4. The maximum atomic E-state index is 12.1. The van der Waals surface area contributed by atoms with Gasteiger partial charge in [0.15, 0.2) is 11.5 Å². The summed E-state index contributed by atoms with van der Waals surface area (Å²) in [5.74, 6) is 0.264. The molecule has 0 aliphatic heterocycles. The van der Waals surface area contributed by atoms with Crippen molar-refractivity contribution in [2.45, 2.75) is 12.5 Å². The van der Waals surface area contributed by atoms with Crippen LogP contribution in [-0.4, -0.2) is 42.7 Å². The first-order valence-corrected chi connectivity index (χ1v) is 10.2. The highest BCUT2D eigenvalue weighted by molar-refractivity contribution is 7.47. The van der Waals surface area contributed by atoms with Crippen molar-refractivity contribution in [2.75, 3.05) is 18.9 Å². The van der Waals surface area contributed by atoms with Crippen molar-refractivity contribution in [2.24, 2.45) is 11.8 Å². The lowest BCUT2D eigenvalue weighted by molar-refractivity contribution is -0.00488. The number of benzene rings is 1. The van der Waals surface area contributed by atoms with E-state index in [2.05, 4.69) is 15.0 Å². The van der Waals surface area contributed by atoms with Gasteiger partial charge in [-0.25, -0.2) is 19.5 Å². The Morgan fingerprint density at radius 2 is 2.04 bits per heavy atom. The summed E-state index contributed by atoms with van der Waals surface area (Å²) in [5, 5.41) is 9.81. The zero-order valence-electron chi connectivity index (χ0n) is 14.8. The van der Waals surface area contributed by atoms with Crippen LogP contribution in [0.1, 0.15) is 12.5 Å². The number of para-hydroxylation sites is 1. The van der Waals surface area contributed by atoms with E-state index in [0.29, 0.717) is 23.4 Å². The van der Waals surface area contributed by atoms with Gasteiger partial charge < -0.3 is 19.9 Å². The molecular weight excluding hydrogens is 385 g/mol. The van der Waals surface area contributed by atoms with Crippen molar-refractivity contribution < 1.29 is 23.6 Å². The first kappa shape index (κ1) is 18.8. The third-order valence-corrected chi connectivity index (χ3v) is 5.93. The lowest BCUT2D eigenvalue weighted by Gasteiger charge is -2.44. The van der Waals surface area contributed by atoms with Gasteiger partial charge in [-0.05, 0) is 24.5 Å². The number of nitrogens with zero attached hydrogens (tertiary/aromatic N) is 4. The van der Waals surface area contributed by atoms with Crippen molar-refractivity contribution in [1.82, 2.24) is 19.5 Å².